The van der Waals surface area contributed by atoms with Crippen molar-refractivity contribution < 1.29 is 5.11 Å². The standard InChI is InChI=1S/C19H23NO/c1-14-8-9-19(21)18(12-14)15(2)20-11-10-17(13-20)16-6-4-3-5-7-16/h3-9,12,15,17,21H,10-11,13H2,1-2H3. The molecule has 3 rings (SSSR count). The van der Waals surface area contributed by atoms with Crippen LogP contribution in [0.15, 0.2) is 48.5 Å². The minimum absolute atomic E-state index is 0.263. The lowest BCUT2D eigenvalue weighted by Crippen LogP contribution is -2.24. The Bertz CT molecular complexity index is 608. The minimum Gasteiger partial charge on any atom is -0.508 e. The van der Waals surface area contributed by atoms with E-state index in [0.717, 1.165) is 18.7 Å². The second-order valence-electron chi connectivity index (χ2n) is 6.13. The van der Waals surface area contributed by atoms with E-state index in [1.807, 2.05) is 12.1 Å². The summed E-state index contributed by atoms with van der Waals surface area (Å²) in [5, 5.41) is 10.1. The summed E-state index contributed by atoms with van der Waals surface area (Å²) in [6, 6.07) is 16.9. The zero-order chi connectivity index (χ0) is 14.8. The minimum atomic E-state index is 0.263. The second-order valence-corrected chi connectivity index (χ2v) is 6.13. The largest absolute Gasteiger partial charge is 0.508 e. The van der Waals surface area contributed by atoms with Crippen LogP contribution in [0, 0.1) is 6.92 Å². The Labute approximate surface area is 127 Å². The highest BCUT2D eigenvalue weighted by atomic mass is 16.3. The van der Waals surface area contributed by atoms with Crippen LogP contribution < -0.4 is 0 Å². The van der Waals surface area contributed by atoms with Crippen molar-refractivity contribution in [3.8, 4) is 5.75 Å². The van der Waals surface area contributed by atoms with E-state index in [0.29, 0.717) is 11.7 Å². The molecular weight excluding hydrogens is 258 g/mol. The second kappa shape index (κ2) is 5.90. The molecule has 2 aromatic rings. The van der Waals surface area contributed by atoms with Crippen LogP contribution in [-0.4, -0.2) is 23.1 Å². The SMILES string of the molecule is Cc1ccc(O)c(C(C)N2CCC(c3ccccc3)C2)c1. The Morgan fingerprint density at radius 3 is 2.67 bits per heavy atom. The smallest absolute Gasteiger partial charge is 0.120 e. The maximum atomic E-state index is 10.1. The number of aryl methyl sites for hydroxylation is 1. The molecule has 1 N–H and O–H groups in total. The number of aromatic hydroxyl groups is 1. The fraction of sp³-hybridized carbons (Fsp3) is 0.368. The Morgan fingerprint density at radius 2 is 1.90 bits per heavy atom. The average molecular weight is 281 g/mol. The molecule has 1 aliphatic heterocycles. The van der Waals surface area contributed by atoms with E-state index in [1.54, 1.807) is 0 Å². The molecule has 1 saturated heterocycles. The maximum Gasteiger partial charge on any atom is 0.120 e. The van der Waals surface area contributed by atoms with Gasteiger partial charge in [0, 0.05) is 18.2 Å². The van der Waals surface area contributed by atoms with E-state index in [-0.39, 0.29) is 6.04 Å². The van der Waals surface area contributed by atoms with Gasteiger partial charge in [0.2, 0.25) is 0 Å². The molecule has 0 radical (unpaired) electrons. The molecule has 2 heteroatoms. The zero-order valence-corrected chi connectivity index (χ0v) is 12.8. The number of phenolic OH excluding ortho intramolecular Hbond substituents is 1. The molecule has 110 valence electrons. The third-order valence-electron chi connectivity index (χ3n) is 4.67. The van der Waals surface area contributed by atoms with Crippen LogP contribution in [0.5, 0.6) is 5.75 Å². The van der Waals surface area contributed by atoms with Crippen LogP contribution in [-0.2, 0) is 0 Å². The molecule has 2 nitrogen and oxygen atoms in total. The highest BCUT2D eigenvalue weighted by molar-refractivity contribution is 5.38. The summed E-state index contributed by atoms with van der Waals surface area (Å²) in [5.41, 5.74) is 3.68. The van der Waals surface area contributed by atoms with Gasteiger partial charge in [-0.05, 0) is 44.4 Å². The van der Waals surface area contributed by atoms with Crippen LogP contribution in [0.1, 0.15) is 42.0 Å². The number of rotatable bonds is 3. The maximum absolute atomic E-state index is 10.1. The fourth-order valence-corrected chi connectivity index (χ4v) is 3.34. The third-order valence-corrected chi connectivity index (χ3v) is 4.67. The summed E-state index contributed by atoms with van der Waals surface area (Å²) in [4.78, 5) is 2.48. The topological polar surface area (TPSA) is 23.5 Å². The van der Waals surface area contributed by atoms with Gasteiger partial charge < -0.3 is 5.11 Å². The van der Waals surface area contributed by atoms with Crippen LogP contribution in [0.3, 0.4) is 0 Å². The molecule has 21 heavy (non-hydrogen) atoms. The van der Waals surface area contributed by atoms with Crippen molar-refractivity contribution in [3.05, 3.63) is 65.2 Å². The molecule has 0 saturated carbocycles. The summed E-state index contributed by atoms with van der Waals surface area (Å²) in [6.45, 7) is 6.43. The van der Waals surface area contributed by atoms with Crippen LogP contribution in [0.25, 0.3) is 0 Å². The lowest BCUT2D eigenvalue weighted by Gasteiger charge is -2.25. The predicted octanol–water partition coefficient (Wildman–Crippen LogP) is 4.25. The molecule has 2 aromatic carbocycles. The zero-order valence-electron chi connectivity index (χ0n) is 12.8. The van der Waals surface area contributed by atoms with Gasteiger partial charge in [-0.1, -0.05) is 48.0 Å². The molecule has 0 aromatic heterocycles. The van der Waals surface area contributed by atoms with Gasteiger partial charge in [0.25, 0.3) is 0 Å². The lowest BCUT2D eigenvalue weighted by molar-refractivity contribution is 0.254. The van der Waals surface area contributed by atoms with Crippen LogP contribution in [0.4, 0.5) is 0 Å². The van der Waals surface area contributed by atoms with Crippen molar-refractivity contribution in [1.29, 1.82) is 0 Å². The van der Waals surface area contributed by atoms with Crippen molar-refractivity contribution in [2.24, 2.45) is 0 Å². The molecule has 1 aliphatic rings. The molecular formula is C19H23NO. The number of phenols is 1. The molecule has 0 bridgehead atoms. The quantitative estimate of drug-likeness (QED) is 0.909. The Hall–Kier alpha value is -1.80. The normalized spacial score (nSPS) is 20.6. The first kappa shape index (κ1) is 14.2. The number of hydrogen-bond acceptors (Lipinski definition) is 2. The van der Waals surface area contributed by atoms with Gasteiger partial charge in [-0.2, -0.15) is 0 Å². The molecule has 1 heterocycles. The van der Waals surface area contributed by atoms with Gasteiger partial charge in [0.05, 0.1) is 0 Å². The molecule has 0 spiro atoms. The number of nitrogens with zero attached hydrogens (tertiary/aromatic N) is 1. The van der Waals surface area contributed by atoms with Crippen molar-refractivity contribution in [1.82, 2.24) is 4.90 Å². The Kier molecular flexibility index (Phi) is 3.98. The Balaban J connectivity index is 1.75. The first-order valence-corrected chi connectivity index (χ1v) is 7.73. The summed E-state index contributed by atoms with van der Waals surface area (Å²) < 4.78 is 0. The molecule has 0 amide bonds. The van der Waals surface area contributed by atoms with E-state index in [1.165, 1.54) is 17.5 Å². The number of hydrogen-bond donors (Lipinski definition) is 1. The van der Waals surface area contributed by atoms with Gasteiger partial charge in [-0.3, -0.25) is 4.90 Å². The van der Waals surface area contributed by atoms with E-state index in [9.17, 15) is 5.11 Å². The fourth-order valence-electron chi connectivity index (χ4n) is 3.34. The molecule has 2 unspecified atom stereocenters. The lowest BCUT2D eigenvalue weighted by atomic mass is 9.98. The van der Waals surface area contributed by atoms with Crippen molar-refractivity contribution >= 4 is 0 Å². The van der Waals surface area contributed by atoms with Crippen LogP contribution >= 0.6 is 0 Å². The summed E-state index contributed by atoms with van der Waals surface area (Å²) >= 11 is 0. The molecule has 1 fully saturated rings. The van der Waals surface area contributed by atoms with Gasteiger partial charge in [-0.25, -0.2) is 0 Å². The van der Waals surface area contributed by atoms with Gasteiger partial charge in [0.1, 0.15) is 5.75 Å². The van der Waals surface area contributed by atoms with Crippen molar-refractivity contribution in [2.45, 2.75) is 32.2 Å². The highest BCUT2D eigenvalue weighted by Crippen LogP contribution is 2.35. The summed E-state index contributed by atoms with van der Waals surface area (Å²) in [7, 11) is 0. The summed E-state index contributed by atoms with van der Waals surface area (Å²) in [6.07, 6.45) is 1.20. The van der Waals surface area contributed by atoms with Gasteiger partial charge >= 0.3 is 0 Å². The molecule has 2 atom stereocenters. The van der Waals surface area contributed by atoms with Gasteiger partial charge in [-0.15, -0.1) is 0 Å². The monoisotopic (exact) mass is 281 g/mol. The van der Waals surface area contributed by atoms with Gasteiger partial charge in [0.15, 0.2) is 0 Å². The van der Waals surface area contributed by atoms with Crippen molar-refractivity contribution in [2.75, 3.05) is 13.1 Å². The van der Waals surface area contributed by atoms with E-state index in [2.05, 4.69) is 55.1 Å². The Morgan fingerprint density at radius 1 is 1.14 bits per heavy atom. The van der Waals surface area contributed by atoms with E-state index < -0.39 is 0 Å². The first-order chi connectivity index (χ1) is 10.1. The predicted molar refractivity (Wildman–Crippen MR) is 86.6 cm³/mol. The number of benzene rings is 2. The van der Waals surface area contributed by atoms with E-state index >= 15 is 0 Å². The van der Waals surface area contributed by atoms with Crippen LogP contribution in [0.2, 0.25) is 0 Å². The molecule has 0 aliphatic carbocycles. The first-order valence-electron chi connectivity index (χ1n) is 7.73. The summed E-state index contributed by atoms with van der Waals surface area (Å²) in [5.74, 6) is 1.02. The number of likely N-dealkylation sites (tertiary alicyclic amines) is 1. The van der Waals surface area contributed by atoms with E-state index in [4.69, 9.17) is 0 Å². The van der Waals surface area contributed by atoms with Crippen molar-refractivity contribution in [3.63, 3.8) is 0 Å². The highest BCUT2D eigenvalue weighted by Gasteiger charge is 2.28. The third kappa shape index (κ3) is 2.96. The average Bonchev–Trinajstić information content (AvgIpc) is 3.00.